The number of carboxylic acid groups (broad SMARTS) is 1. The molecule has 0 aromatic carbocycles. The lowest BCUT2D eigenvalue weighted by Gasteiger charge is -2.18. The summed E-state index contributed by atoms with van der Waals surface area (Å²) in [5.74, 6) is -0.949. The second-order valence-electron chi connectivity index (χ2n) is 4.20. The molecule has 2 N–H and O–H groups in total. The molecule has 0 saturated heterocycles. The highest BCUT2D eigenvalue weighted by Gasteiger charge is 2.16. The number of aromatic carboxylic acids is 1. The van der Waals surface area contributed by atoms with E-state index < -0.39 is 5.97 Å². The summed E-state index contributed by atoms with van der Waals surface area (Å²) in [5, 5.41) is 8.84. The number of hydrogen-bond acceptors (Lipinski definition) is 2. The average molecular weight is 211 g/mol. The lowest BCUT2D eigenvalue weighted by molar-refractivity contribution is 0.0696. The van der Waals surface area contributed by atoms with Crippen molar-refractivity contribution in [2.24, 2.45) is 0 Å². The first kappa shape index (κ1) is 10.9. The number of rotatable bonds is 1. The average Bonchev–Trinajstić information content (AvgIpc) is 2.01. The molecule has 1 rings (SSSR count). The number of carboxylic acids is 1. The zero-order chi connectivity index (χ0) is 10.9. The van der Waals surface area contributed by atoms with E-state index in [0.717, 1.165) is 5.69 Å². The molecule has 14 heavy (non-hydrogen) atoms. The van der Waals surface area contributed by atoms with Gasteiger partial charge >= 0.3 is 5.97 Å². The third-order valence-electron chi connectivity index (χ3n) is 1.90. The highest BCUT2D eigenvalue weighted by molar-refractivity contribution is 7.71. The van der Waals surface area contributed by atoms with Crippen LogP contribution in [0.1, 0.15) is 36.8 Å². The minimum Gasteiger partial charge on any atom is -0.478 e. The molecule has 0 aliphatic carbocycles. The van der Waals surface area contributed by atoms with Crippen molar-refractivity contribution < 1.29 is 9.90 Å². The molecule has 0 fully saturated rings. The van der Waals surface area contributed by atoms with Gasteiger partial charge in [-0.05, 0) is 12.1 Å². The van der Waals surface area contributed by atoms with Crippen LogP contribution in [0, 0.1) is 4.64 Å². The Morgan fingerprint density at radius 1 is 1.43 bits per heavy atom. The van der Waals surface area contributed by atoms with Crippen LogP contribution in [0.2, 0.25) is 0 Å². The fourth-order valence-corrected chi connectivity index (χ4v) is 1.31. The van der Waals surface area contributed by atoms with Crippen molar-refractivity contribution in [2.75, 3.05) is 0 Å². The van der Waals surface area contributed by atoms with Gasteiger partial charge in [0.1, 0.15) is 4.64 Å². The number of aromatic nitrogens is 1. The third kappa shape index (κ3) is 2.42. The third-order valence-corrected chi connectivity index (χ3v) is 2.12. The van der Waals surface area contributed by atoms with Crippen molar-refractivity contribution >= 4 is 18.2 Å². The van der Waals surface area contributed by atoms with Gasteiger partial charge in [0, 0.05) is 11.1 Å². The van der Waals surface area contributed by atoms with E-state index >= 15 is 0 Å². The Labute approximate surface area is 87.8 Å². The zero-order valence-electron chi connectivity index (χ0n) is 8.42. The lowest BCUT2D eigenvalue weighted by Crippen LogP contribution is -2.15. The van der Waals surface area contributed by atoms with Gasteiger partial charge in [0.05, 0.1) is 5.56 Å². The van der Waals surface area contributed by atoms with E-state index in [-0.39, 0.29) is 11.0 Å². The van der Waals surface area contributed by atoms with E-state index in [0.29, 0.717) is 4.64 Å². The molecule has 76 valence electrons. The van der Waals surface area contributed by atoms with E-state index in [1.165, 1.54) is 6.07 Å². The molecule has 0 unspecified atom stereocenters. The van der Waals surface area contributed by atoms with Gasteiger partial charge in [0.15, 0.2) is 0 Å². The molecule has 0 amide bonds. The summed E-state index contributed by atoms with van der Waals surface area (Å²) in [6.45, 7) is 6.00. The smallest absolute Gasteiger partial charge is 0.335 e. The quantitative estimate of drug-likeness (QED) is 0.702. The summed E-state index contributed by atoms with van der Waals surface area (Å²) in [6, 6.07) is 3.07. The maximum Gasteiger partial charge on any atom is 0.335 e. The van der Waals surface area contributed by atoms with Crippen LogP contribution in [0.25, 0.3) is 0 Å². The molecule has 1 aromatic heterocycles. The van der Waals surface area contributed by atoms with Crippen LogP contribution < -0.4 is 0 Å². The number of carbonyl (C=O) groups is 1. The second kappa shape index (κ2) is 3.53. The highest BCUT2D eigenvalue weighted by atomic mass is 32.1. The molecule has 3 nitrogen and oxygen atoms in total. The van der Waals surface area contributed by atoms with Gasteiger partial charge in [-0.15, -0.1) is 0 Å². The van der Waals surface area contributed by atoms with Crippen molar-refractivity contribution in [3.63, 3.8) is 0 Å². The molecule has 0 radical (unpaired) electrons. The number of H-pyrrole nitrogens is 1. The molecular formula is C10H13NO2S. The van der Waals surface area contributed by atoms with Gasteiger partial charge in [-0.25, -0.2) is 4.79 Å². The van der Waals surface area contributed by atoms with Crippen molar-refractivity contribution in [3.05, 3.63) is 28.0 Å². The monoisotopic (exact) mass is 211 g/mol. The van der Waals surface area contributed by atoms with Crippen molar-refractivity contribution in [1.82, 2.24) is 4.98 Å². The molecular weight excluding hydrogens is 198 g/mol. The van der Waals surface area contributed by atoms with Gasteiger partial charge in [0.25, 0.3) is 0 Å². The van der Waals surface area contributed by atoms with Crippen molar-refractivity contribution in [3.8, 4) is 0 Å². The first-order valence-corrected chi connectivity index (χ1v) is 4.69. The van der Waals surface area contributed by atoms with Crippen LogP contribution in [-0.4, -0.2) is 16.1 Å². The number of pyridine rings is 1. The van der Waals surface area contributed by atoms with E-state index in [1.54, 1.807) is 6.07 Å². The molecule has 0 aliphatic heterocycles. The Bertz CT molecular complexity index is 415. The molecule has 1 aromatic rings. The Morgan fingerprint density at radius 2 is 2.00 bits per heavy atom. The maximum absolute atomic E-state index is 10.8. The minimum atomic E-state index is -0.949. The zero-order valence-corrected chi connectivity index (χ0v) is 9.23. The molecule has 0 aliphatic rings. The predicted molar refractivity (Wildman–Crippen MR) is 57.3 cm³/mol. The Kier molecular flexibility index (Phi) is 2.76. The normalized spacial score (nSPS) is 11.4. The largest absolute Gasteiger partial charge is 0.478 e. The number of nitrogens with one attached hydrogen (secondary N) is 1. The summed E-state index contributed by atoms with van der Waals surface area (Å²) in [6.07, 6.45) is 0. The van der Waals surface area contributed by atoms with E-state index in [9.17, 15) is 4.79 Å². The first-order valence-electron chi connectivity index (χ1n) is 4.29. The van der Waals surface area contributed by atoms with Crippen LogP contribution in [0.3, 0.4) is 0 Å². The molecule has 1 heterocycles. The molecule has 0 bridgehead atoms. The Balaban J connectivity index is 3.35. The fourth-order valence-electron chi connectivity index (χ4n) is 1.07. The van der Waals surface area contributed by atoms with Crippen LogP contribution in [0.5, 0.6) is 0 Å². The standard InChI is InChI=1S/C10H13NO2S/c1-10(2,3)7-4-6(9(12)13)5-8(14)11-7/h4-5H,1-3H3,(H,11,14)(H,12,13). The molecule has 0 atom stereocenters. The summed E-state index contributed by atoms with van der Waals surface area (Å²) >= 11 is 4.96. The SMILES string of the molecule is CC(C)(C)c1cc(C(=O)O)cc(=S)[nH]1. The van der Waals surface area contributed by atoms with Crippen LogP contribution in [-0.2, 0) is 5.41 Å². The maximum atomic E-state index is 10.8. The minimum absolute atomic E-state index is 0.126. The summed E-state index contributed by atoms with van der Waals surface area (Å²) < 4.78 is 0.454. The molecule has 4 heteroatoms. The summed E-state index contributed by atoms with van der Waals surface area (Å²) in [4.78, 5) is 13.8. The Morgan fingerprint density at radius 3 is 2.43 bits per heavy atom. The topological polar surface area (TPSA) is 53.1 Å². The highest BCUT2D eigenvalue weighted by Crippen LogP contribution is 2.20. The van der Waals surface area contributed by atoms with Crippen LogP contribution in [0.4, 0.5) is 0 Å². The van der Waals surface area contributed by atoms with Gasteiger partial charge < -0.3 is 10.1 Å². The van der Waals surface area contributed by atoms with E-state index in [4.69, 9.17) is 17.3 Å². The summed E-state index contributed by atoms with van der Waals surface area (Å²) in [5.41, 5.74) is 0.944. The molecule has 0 spiro atoms. The van der Waals surface area contributed by atoms with E-state index in [2.05, 4.69) is 4.98 Å². The van der Waals surface area contributed by atoms with E-state index in [1.807, 2.05) is 20.8 Å². The van der Waals surface area contributed by atoms with Gasteiger partial charge in [-0.3, -0.25) is 0 Å². The van der Waals surface area contributed by atoms with Crippen molar-refractivity contribution in [1.29, 1.82) is 0 Å². The van der Waals surface area contributed by atoms with Crippen LogP contribution >= 0.6 is 12.2 Å². The number of hydrogen-bond donors (Lipinski definition) is 2. The van der Waals surface area contributed by atoms with Crippen molar-refractivity contribution in [2.45, 2.75) is 26.2 Å². The van der Waals surface area contributed by atoms with Gasteiger partial charge in [-0.2, -0.15) is 0 Å². The van der Waals surface area contributed by atoms with Gasteiger partial charge in [-0.1, -0.05) is 33.0 Å². The number of aromatic amines is 1. The predicted octanol–water partition coefficient (Wildman–Crippen LogP) is 2.74. The second-order valence-corrected chi connectivity index (χ2v) is 4.64. The lowest BCUT2D eigenvalue weighted by atomic mass is 9.91. The molecule has 0 saturated carbocycles. The van der Waals surface area contributed by atoms with Crippen LogP contribution in [0.15, 0.2) is 12.1 Å². The fraction of sp³-hybridized carbons (Fsp3) is 0.400. The Hall–Kier alpha value is -1.16. The first-order chi connectivity index (χ1) is 6.30. The van der Waals surface area contributed by atoms with Gasteiger partial charge in [0.2, 0.25) is 0 Å². The summed E-state index contributed by atoms with van der Waals surface area (Å²) in [7, 11) is 0.